The first-order valence-electron chi connectivity index (χ1n) is 6.94. The molecule has 0 fully saturated rings. The summed E-state index contributed by atoms with van der Waals surface area (Å²) in [5.74, 6) is -1.13. The van der Waals surface area contributed by atoms with Crippen LogP contribution in [-0.4, -0.2) is 10.5 Å². The number of rotatable bonds is 4. The molecule has 20 heavy (non-hydrogen) atoms. The van der Waals surface area contributed by atoms with E-state index in [-0.39, 0.29) is 5.56 Å². The number of para-hydroxylation sites is 1. The summed E-state index contributed by atoms with van der Waals surface area (Å²) in [7, 11) is 0. The molecule has 2 aromatic carbocycles. The lowest BCUT2D eigenvalue weighted by Crippen LogP contribution is -2.21. The number of carboxylic acid groups (broad SMARTS) is 1. The number of carbonyl (C=O) groups is 1. The summed E-state index contributed by atoms with van der Waals surface area (Å²) >= 11 is 0. The lowest BCUT2D eigenvalue weighted by atomic mass is 10.1. The highest BCUT2D eigenvalue weighted by Gasteiger charge is 2.10. The van der Waals surface area contributed by atoms with E-state index in [0.717, 1.165) is 41.2 Å². The van der Waals surface area contributed by atoms with Crippen LogP contribution in [0.3, 0.4) is 0 Å². The van der Waals surface area contributed by atoms with Crippen LogP contribution in [0, 0.1) is 0 Å². The number of aromatic carboxylic acids is 1. The van der Waals surface area contributed by atoms with Crippen LogP contribution in [0.1, 0.15) is 30.1 Å². The highest BCUT2D eigenvalue weighted by molar-refractivity contribution is 6.09. The quantitative estimate of drug-likeness (QED) is 0.728. The molecule has 3 rings (SSSR count). The predicted molar refractivity (Wildman–Crippen MR) is 78.7 cm³/mol. The largest absolute Gasteiger partial charge is 0.545 e. The maximum Gasteiger partial charge on any atom is 0.0715 e. The molecular weight excluding hydrogens is 250 g/mol. The lowest BCUT2D eigenvalue weighted by molar-refractivity contribution is -0.255. The molecule has 0 bridgehead atoms. The normalized spacial score (nSPS) is 11.2. The molecule has 3 heteroatoms. The first-order valence-corrected chi connectivity index (χ1v) is 6.94. The Bertz CT molecular complexity index is 786. The third kappa shape index (κ3) is 1.95. The van der Waals surface area contributed by atoms with E-state index in [2.05, 4.69) is 17.6 Å². The summed E-state index contributed by atoms with van der Waals surface area (Å²) in [6.45, 7) is 3.12. The van der Waals surface area contributed by atoms with E-state index in [9.17, 15) is 9.90 Å². The van der Waals surface area contributed by atoms with Gasteiger partial charge in [0.15, 0.2) is 0 Å². The second-order valence-corrected chi connectivity index (χ2v) is 5.04. The number of nitrogens with zero attached hydrogens (tertiary/aromatic N) is 1. The van der Waals surface area contributed by atoms with E-state index >= 15 is 0 Å². The molecule has 0 amide bonds. The molecule has 3 aromatic rings. The summed E-state index contributed by atoms with van der Waals surface area (Å²) in [6.07, 6.45) is 2.24. The Balaban J connectivity index is 2.32. The Morgan fingerprint density at radius 2 is 1.85 bits per heavy atom. The number of fused-ring (bicyclic) bond motifs is 3. The SMILES string of the molecule is CCCCn1c2ccccc2c2cc(C(=O)[O-])ccc21. The summed E-state index contributed by atoms with van der Waals surface area (Å²) in [4.78, 5) is 11.0. The summed E-state index contributed by atoms with van der Waals surface area (Å²) in [5.41, 5.74) is 2.48. The number of carboxylic acids is 1. The zero-order valence-electron chi connectivity index (χ0n) is 11.4. The van der Waals surface area contributed by atoms with Gasteiger partial charge in [0.25, 0.3) is 0 Å². The zero-order valence-corrected chi connectivity index (χ0v) is 11.4. The van der Waals surface area contributed by atoms with Gasteiger partial charge in [0, 0.05) is 28.4 Å². The number of carbonyl (C=O) groups excluding carboxylic acids is 1. The fourth-order valence-electron chi connectivity index (χ4n) is 2.74. The Morgan fingerprint density at radius 3 is 2.60 bits per heavy atom. The van der Waals surface area contributed by atoms with Gasteiger partial charge in [-0.2, -0.15) is 0 Å². The molecule has 3 nitrogen and oxygen atoms in total. The average Bonchev–Trinajstić information content (AvgIpc) is 2.78. The minimum atomic E-state index is -1.13. The second-order valence-electron chi connectivity index (χ2n) is 5.04. The highest BCUT2D eigenvalue weighted by Crippen LogP contribution is 2.30. The van der Waals surface area contributed by atoms with Crippen molar-refractivity contribution in [1.29, 1.82) is 0 Å². The monoisotopic (exact) mass is 266 g/mol. The van der Waals surface area contributed by atoms with E-state index in [1.807, 2.05) is 24.3 Å². The molecule has 102 valence electrons. The smallest absolute Gasteiger partial charge is 0.0715 e. The molecular formula is C17H16NO2-. The van der Waals surface area contributed by atoms with Gasteiger partial charge in [-0.05, 0) is 30.2 Å². The molecule has 0 atom stereocenters. The molecule has 0 aliphatic heterocycles. The van der Waals surface area contributed by atoms with Gasteiger partial charge in [0.05, 0.1) is 5.97 Å². The number of hydrogen-bond donors (Lipinski definition) is 0. The molecule has 1 heterocycles. The first kappa shape index (κ1) is 12.7. The molecule has 0 radical (unpaired) electrons. The lowest BCUT2D eigenvalue weighted by Gasteiger charge is -2.07. The minimum Gasteiger partial charge on any atom is -0.545 e. The van der Waals surface area contributed by atoms with E-state index < -0.39 is 5.97 Å². The highest BCUT2D eigenvalue weighted by atomic mass is 16.4. The van der Waals surface area contributed by atoms with Crippen LogP contribution in [0.2, 0.25) is 0 Å². The van der Waals surface area contributed by atoms with Gasteiger partial charge < -0.3 is 14.5 Å². The molecule has 0 saturated carbocycles. The third-order valence-corrected chi connectivity index (χ3v) is 3.74. The van der Waals surface area contributed by atoms with Crippen molar-refractivity contribution in [3.8, 4) is 0 Å². The molecule has 0 unspecified atom stereocenters. The van der Waals surface area contributed by atoms with E-state index in [1.165, 1.54) is 0 Å². The van der Waals surface area contributed by atoms with E-state index in [0.29, 0.717) is 0 Å². The molecule has 0 spiro atoms. The Morgan fingerprint density at radius 1 is 1.10 bits per heavy atom. The van der Waals surface area contributed by atoms with Crippen molar-refractivity contribution in [3.05, 3.63) is 48.0 Å². The number of hydrogen-bond acceptors (Lipinski definition) is 2. The maximum atomic E-state index is 11.0. The fraction of sp³-hybridized carbons (Fsp3) is 0.235. The van der Waals surface area contributed by atoms with Gasteiger partial charge in [-0.1, -0.05) is 37.6 Å². The average molecular weight is 266 g/mol. The predicted octanol–water partition coefficient (Wildman–Crippen LogP) is 2.96. The van der Waals surface area contributed by atoms with Crippen LogP contribution in [-0.2, 0) is 6.54 Å². The Labute approximate surface area is 117 Å². The van der Waals surface area contributed by atoms with Crippen LogP contribution >= 0.6 is 0 Å². The fourth-order valence-corrected chi connectivity index (χ4v) is 2.74. The first-order chi connectivity index (χ1) is 9.72. The number of unbranched alkanes of at least 4 members (excludes halogenated alkanes) is 1. The number of benzene rings is 2. The van der Waals surface area contributed by atoms with Crippen molar-refractivity contribution >= 4 is 27.8 Å². The number of aromatic nitrogens is 1. The summed E-state index contributed by atoms with van der Waals surface area (Å²) in [5, 5.41) is 13.1. The van der Waals surface area contributed by atoms with Crippen LogP contribution < -0.4 is 5.11 Å². The van der Waals surface area contributed by atoms with Crippen LogP contribution in [0.4, 0.5) is 0 Å². The van der Waals surface area contributed by atoms with Crippen molar-refractivity contribution < 1.29 is 9.90 Å². The third-order valence-electron chi connectivity index (χ3n) is 3.74. The van der Waals surface area contributed by atoms with Crippen molar-refractivity contribution in [2.45, 2.75) is 26.3 Å². The van der Waals surface area contributed by atoms with Gasteiger partial charge in [0.1, 0.15) is 0 Å². The van der Waals surface area contributed by atoms with Crippen molar-refractivity contribution in [2.75, 3.05) is 0 Å². The van der Waals surface area contributed by atoms with Crippen LogP contribution in [0.25, 0.3) is 21.8 Å². The summed E-state index contributed by atoms with van der Waals surface area (Å²) < 4.78 is 2.27. The molecule has 0 aliphatic carbocycles. The summed E-state index contributed by atoms with van der Waals surface area (Å²) in [6, 6.07) is 13.4. The standard InChI is InChI=1S/C17H17NO2/c1-2-3-10-18-15-7-5-4-6-13(15)14-11-12(17(19)20)8-9-16(14)18/h4-9,11H,2-3,10H2,1H3,(H,19,20)/p-1. The minimum absolute atomic E-state index is 0.232. The van der Waals surface area contributed by atoms with Crippen molar-refractivity contribution in [3.63, 3.8) is 0 Å². The maximum absolute atomic E-state index is 11.0. The van der Waals surface area contributed by atoms with E-state index in [4.69, 9.17) is 0 Å². The van der Waals surface area contributed by atoms with Gasteiger partial charge in [-0.25, -0.2) is 0 Å². The Kier molecular flexibility index (Phi) is 3.18. The molecule has 0 N–H and O–H groups in total. The van der Waals surface area contributed by atoms with Gasteiger partial charge >= 0.3 is 0 Å². The topological polar surface area (TPSA) is 45.1 Å². The van der Waals surface area contributed by atoms with Gasteiger partial charge in [-0.3, -0.25) is 0 Å². The molecule has 0 aliphatic rings. The van der Waals surface area contributed by atoms with Crippen molar-refractivity contribution in [1.82, 2.24) is 4.57 Å². The molecule has 1 aromatic heterocycles. The Hall–Kier alpha value is -2.29. The van der Waals surface area contributed by atoms with Gasteiger partial charge in [-0.15, -0.1) is 0 Å². The second kappa shape index (κ2) is 5.00. The molecule has 0 saturated heterocycles. The number of aryl methyl sites for hydroxylation is 1. The van der Waals surface area contributed by atoms with Crippen molar-refractivity contribution in [2.24, 2.45) is 0 Å². The van der Waals surface area contributed by atoms with Crippen LogP contribution in [0.5, 0.6) is 0 Å². The zero-order chi connectivity index (χ0) is 14.1. The van der Waals surface area contributed by atoms with E-state index in [1.54, 1.807) is 12.1 Å². The van der Waals surface area contributed by atoms with Gasteiger partial charge in [0.2, 0.25) is 0 Å². The van der Waals surface area contributed by atoms with Crippen LogP contribution in [0.15, 0.2) is 42.5 Å².